The van der Waals surface area contributed by atoms with Crippen LogP contribution in [0.1, 0.15) is 42.9 Å². The minimum absolute atomic E-state index is 0.388. The molecule has 8 heteroatoms. The molecule has 7 nitrogen and oxygen atoms in total. The van der Waals surface area contributed by atoms with E-state index in [0.717, 1.165) is 52.4 Å². The number of hydrogen-bond donors (Lipinski definition) is 2. The molecule has 0 spiro atoms. The number of aliphatic hydroxyl groups is 1. The highest BCUT2D eigenvalue weighted by Gasteiger charge is 2.41. The SMILES string of the molecule is COc1ccc2ncc(C)c(C(O)CCC3(C(=O)O)CCN(CCSc4ccccn4)CC3)c2c1. The van der Waals surface area contributed by atoms with E-state index in [1.54, 1.807) is 31.3 Å². The van der Waals surface area contributed by atoms with Crippen molar-refractivity contribution in [1.29, 1.82) is 0 Å². The number of thioether (sulfide) groups is 1. The van der Waals surface area contributed by atoms with Gasteiger partial charge >= 0.3 is 5.97 Å². The Labute approximate surface area is 210 Å². The minimum atomic E-state index is -0.806. The minimum Gasteiger partial charge on any atom is -0.497 e. The number of hydrogen-bond acceptors (Lipinski definition) is 7. The number of carbonyl (C=O) groups is 1. The third kappa shape index (κ3) is 5.94. The molecule has 0 radical (unpaired) electrons. The smallest absolute Gasteiger partial charge is 0.309 e. The van der Waals surface area contributed by atoms with Crippen molar-refractivity contribution in [2.75, 3.05) is 32.5 Å². The van der Waals surface area contributed by atoms with Gasteiger partial charge in [-0.15, -0.1) is 11.8 Å². The number of ether oxygens (including phenoxy) is 1. The largest absolute Gasteiger partial charge is 0.497 e. The molecule has 0 saturated carbocycles. The van der Waals surface area contributed by atoms with Crippen molar-refractivity contribution in [3.63, 3.8) is 0 Å². The number of aliphatic carboxylic acids is 1. The molecule has 3 aromatic rings. The van der Waals surface area contributed by atoms with Gasteiger partial charge in [0.25, 0.3) is 0 Å². The van der Waals surface area contributed by atoms with Crippen LogP contribution >= 0.6 is 11.8 Å². The molecule has 1 atom stereocenters. The molecule has 1 saturated heterocycles. The molecule has 2 N–H and O–H groups in total. The average molecular weight is 496 g/mol. The Kier molecular flexibility index (Phi) is 8.26. The Bertz CT molecular complexity index is 1150. The van der Waals surface area contributed by atoms with E-state index in [-0.39, 0.29) is 0 Å². The molecular formula is C27H33N3O4S. The van der Waals surface area contributed by atoms with Crippen molar-refractivity contribution in [1.82, 2.24) is 14.9 Å². The number of likely N-dealkylation sites (tertiary alicyclic amines) is 1. The first-order chi connectivity index (χ1) is 16.9. The van der Waals surface area contributed by atoms with E-state index in [0.29, 0.717) is 31.4 Å². The number of aryl methyl sites for hydroxylation is 1. The van der Waals surface area contributed by atoms with Crippen LogP contribution in [0.4, 0.5) is 0 Å². The molecule has 2 aromatic heterocycles. The Morgan fingerprint density at radius 3 is 2.71 bits per heavy atom. The summed E-state index contributed by atoms with van der Waals surface area (Å²) in [4.78, 5) is 23.5. The van der Waals surface area contributed by atoms with Gasteiger partial charge in [-0.1, -0.05) is 6.07 Å². The van der Waals surface area contributed by atoms with E-state index in [9.17, 15) is 15.0 Å². The standard InChI is InChI=1S/C27H33N3O4S/c1-19-18-29-22-7-6-20(34-2)17-21(22)25(19)23(31)8-9-27(26(32)33)10-13-30(14-11-27)15-16-35-24-5-3-4-12-28-24/h3-7,12,17-18,23,31H,8-11,13-16H2,1-2H3,(H,32,33). The fraction of sp³-hybridized carbons (Fsp3) is 0.444. The zero-order chi connectivity index (χ0) is 24.8. The highest BCUT2D eigenvalue weighted by Crippen LogP contribution is 2.40. The zero-order valence-corrected chi connectivity index (χ0v) is 21.1. The molecule has 186 valence electrons. The molecule has 1 aromatic carbocycles. The van der Waals surface area contributed by atoms with Crippen LogP contribution in [-0.2, 0) is 4.79 Å². The molecule has 0 aliphatic carbocycles. The highest BCUT2D eigenvalue weighted by molar-refractivity contribution is 7.99. The lowest BCUT2D eigenvalue weighted by Crippen LogP contribution is -2.45. The summed E-state index contributed by atoms with van der Waals surface area (Å²) in [7, 11) is 1.61. The second-order valence-corrected chi connectivity index (χ2v) is 10.4. The number of methoxy groups -OCH3 is 1. The number of pyridine rings is 2. The van der Waals surface area contributed by atoms with E-state index in [1.165, 1.54) is 0 Å². The molecule has 3 heterocycles. The molecule has 1 unspecified atom stereocenters. The maximum absolute atomic E-state index is 12.4. The van der Waals surface area contributed by atoms with Crippen molar-refractivity contribution < 1.29 is 19.7 Å². The summed E-state index contributed by atoms with van der Waals surface area (Å²) in [5, 5.41) is 23.2. The van der Waals surface area contributed by atoms with Gasteiger partial charge in [0, 0.05) is 30.1 Å². The molecule has 0 bridgehead atoms. The van der Waals surface area contributed by atoms with Gasteiger partial charge in [0.1, 0.15) is 5.75 Å². The Morgan fingerprint density at radius 1 is 1.23 bits per heavy atom. The van der Waals surface area contributed by atoms with Gasteiger partial charge in [0.05, 0.1) is 29.2 Å². The monoisotopic (exact) mass is 495 g/mol. The summed E-state index contributed by atoms with van der Waals surface area (Å²) in [6.45, 7) is 4.33. The molecule has 0 amide bonds. The van der Waals surface area contributed by atoms with Gasteiger partial charge in [0.2, 0.25) is 0 Å². The lowest BCUT2D eigenvalue weighted by molar-refractivity contribution is -0.153. The summed E-state index contributed by atoms with van der Waals surface area (Å²) >= 11 is 1.72. The number of carboxylic acid groups (broad SMARTS) is 1. The summed E-state index contributed by atoms with van der Waals surface area (Å²) in [6, 6.07) is 11.5. The predicted molar refractivity (Wildman–Crippen MR) is 138 cm³/mol. The second kappa shape index (κ2) is 11.4. The van der Waals surface area contributed by atoms with Crippen LogP contribution in [-0.4, -0.2) is 63.5 Å². The van der Waals surface area contributed by atoms with Crippen LogP contribution in [0.5, 0.6) is 5.75 Å². The molecule has 1 aliphatic heterocycles. The van der Waals surface area contributed by atoms with E-state index in [4.69, 9.17) is 4.74 Å². The van der Waals surface area contributed by atoms with Crippen molar-refractivity contribution in [2.24, 2.45) is 5.41 Å². The zero-order valence-electron chi connectivity index (χ0n) is 20.3. The Morgan fingerprint density at radius 2 is 2.03 bits per heavy atom. The normalized spacial score (nSPS) is 16.8. The number of carboxylic acids is 1. The maximum atomic E-state index is 12.4. The van der Waals surface area contributed by atoms with Gasteiger partial charge in [-0.25, -0.2) is 4.98 Å². The number of nitrogens with zero attached hydrogens (tertiary/aromatic N) is 3. The molecule has 1 aliphatic rings. The first-order valence-corrected chi connectivity index (χ1v) is 13.0. The number of benzene rings is 1. The van der Waals surface area contributed by atoms with Crippen molar-refractivity contribution in [3.8, 4) is 5.75 Å². The van der Waals surface area contributed by atoms with Crippen LogP contribution in [0.25, 0.3) is 10.9 Å². The molecular weight excluding hydrogens is 462 g/mol. The predicted octanol–water partition coefficient (Wildman–Crippen LogP) is 4.72. The van der Waals surface area contributed by atoms with Crippen LogP contribution in [0.2, 0.25) is 0 Å². The number of fused-ring (bicyclic) bond motifs is 1. The number of piperidine rings is 1. The number of aliphatic hydroxyl groups excluding tert-OH is 1. The Balaban J connectivity index is 1.38. The summed E-state index contributed by atoms with van der Waals surface area (Å²) in [6.07, 6.45) is 4.80. The first-order valence-electron chi connectivity index (χ1n) is 12.0. The second-order valence-electron chi connectivity index (χ2n) is 9.24. The van der Waals surface area contributed by atoms with Crippen LogP contribution < -0.4 is 4.74 Å². The van der Waals surface area contributed by atoms with Gasteiger partial charge in [-0.05, 0) is 87.2 Å². The van der Waals surface area contributed by atoms with Crippen LogP contribution in [0.15, 0.2) is 53.8 Å². The van der Waals surface area contributed by atoms with Crippen LogP contribution in [0, 0.1) is 12.3 Å². The Hall–Kier alpha value is -2.68. The van der Waals surface area contributed by atoms with Crippen LogP contribution in [0.3, 0.4) is 0 Å². The van der Waals surface area contributed by atoms with E-state index in [2.05, 4.69) is 14.9 Å². The topological polar surface area (TPSA) is 95.8 Å². The first kappa shape index (κ1) is 25.4. The summed E-state index contributed by atoms with van der Waals surface area (Å²) in [5.41, 5.74) is 1.68. The van der Waals surface area contributed by atoms with Gasteiger partial charge in [-0.3, -0.25) is 9.78 Å². The summed E-state index contributed by atoms with van der Waals surface area (Å²) in [5.74, 6) is 0.868. The third-order valence-corrected chi connectivity index (χ3v) is 8.03. The van der Waals surface area contributed by atoms with Crippen molar-refractivity contribution in [3.05, 3.63) is 59.9 Å². The molecule has 4 rings (SSSR count). The highest BCUT2D eigenvalue weighted by atomic mass is 32.2. The van der Waals surface area contributed by atoms with E-state index >= 15 is 0 Å². The maximum Gasteiger partial charge on any atom is 0.309 e. The molecule has 1 fully saturated rings. The van der Waals surface area contributed by atoms with Crippen molar-refractivity contribution >= 4 is 28.6 Å². The van der Waals surface area contributed by atoms with E-state index in [1.807, 2.05) is 43.3 Å². The van der Waals surface area contributed by atoms with E-state index < -0.39 is 17.5 Å². The quantitative estimate of drug-likeness (QED) is 0.390. The van der Waals surface area contributed by atoms with Gasteiger partial charge in [0.15, 0.2) is 0 Å². The number of rotatable bonds is 10. The lowest BCUT2D eigenvalue weighted by atomic mass is 9.74. The number of aromatic nitrogens is 2. The average Bonchev–Trinajstić information content (AvgIpc) is 2.88. The third-order valence-electron chi connectivity index (χ3n) is 7.11. The fourth-order valence-electron chi connectivity index (χ4n) is 4.91. The van der Waals surface area contributed by atoms with Crippen molar-refractivity contribution in [2.45, 2.75) is 43.7 Å². The van der Waals surface area contributed by atoms with Gasteiger partial charge < -0.3 is 19.8 Å². The fourth-order valence-corrected chi connectivity index (χ4v) is 5.77. The lowest BCUT2D eigenvalue weighted by Gasteiger charge is -2.39. The molecule has 35 heavy (non-hydrogen) atoms. The van der Waals surface area contributed by atoms with Gasteiger partial charge in [-0.2, -0.15) is 0 Å². The summed E-state index contributed by atoms with van der Waals surface area (Å²) < 4.78 is 5.37.